The van der Waals surface area contributed by atoms with Crippen LogP contribution in [0, 0.1) is 0 Å². The number of para-hydroxylation sites is 1. The molecule has 0 aromatic heterocycles. The van der Waals surface area contributed by atoms with Gasteiger partial charge in [0.15, 0.2) is 0 Å². The normalized spacial score (nSPS) is 24.1. The Morgan fingerprint density at radius 1 is 0.944 bits per heavy atom. The molecule has 3 heterocycles. The molecule has 2 fully saturated rings. The van der Waals surface area contributed by atoms with E-state index in [4.69, 9.17) is 0 Å². The van der Waals surface area contributed by atoms with Crippen LogP contribution in [0.1, 0.15) is 49.1 Å². The van der Waals surface area contributed by atoms with Crippen molar-refractivity contribution < 1.29 is 19.2 Å². The Balaban J connectivity index is 1.49. The highest BCUT2D eigenvalue weighted by atomic mass is 16.2. The van der Waals surface area contributed by atoms with Crippen LogP contribution in [-0.4, -0.2) is 60.2 Å². The van der Waals surface area contributed by atoms with Crippen molar-refractivity contribution in [3.8, 4) is 0 Å². The first-order chi connectivity index (χ1) is 17.5. The van der Waals surface area contributed by atoms with Gasteiger partial charge in [-0.1, -0.05) is 48.5 Å². The molecule has 0 bridgehead atoms. The lowest BCUT2D eigenvalue weighted by Gasteiger charge is -2.32. The Labute approximate surface area is 211 Å². The van der Waals surface area contributed by atoms with Gasteiger partial charge in [-0.15, -0.1) is 0 Å². The molecule has 3 aliphatic heterocycles. The first-order valence-corrected chi connectivity index (χ1v) is 12.8. The average molecular weight is 489 g/mol. The molecule has 5 rings (SSSR count). The first-order valence-electron chi connectivity index (χ1n) is 12.8. The Morgan fingerprint density at radius 3 is 2.39 bits per heavy atom. The van der Waals surface area contributed by atoms with E-state index in [1.807, 2.05) is 59.5 Å². The molecule has 0 aliphatic carbocycles. The van der Waals surface area contributed by atoms with Gasteiger partial charge in [0.25, 0.3) is 5.91 Å². The molecular formula is C28H32N4O4. The Bertz CT molecular complexity index is 1150. The molecule has 0 unspecified atom stereocenters. The van der Waals surface area contributed by atoms with Gasteiger partial charge in [0, 0.05) is 31.1 Å². The lowest BCUT2D eigenvalue weighted by atomic mass is 9.86. The van der Waals surface area contributed by atoms with Crippen LogP contribution in [0.3, 0.4) is 0 Å². The summed E-state index contributed by atoms with van der Waals surface area (Å²) in [5, 5.41) is 5.66. The van der Waals surface area contributed by atoms with Gasteiger partial charge in [-0.25, -0.2) is 0 Å². The van der Waals surface area contributed by atoms with Gasteiger partial charge in [0.2, 0.25) is 17.7 Å². The number of carbonyl (C=O) groups is 4. The first kappa shape index (κ1) is 24.0. The van der Waals surface area contributed by atoms with Crippen molar-refractivity contribution in [3.05, 3.63) is 65.7 Å². The van der Waals surface area contributed by atoms with E-state index in [-0.39, 0.29) is 36.1 Å². The molecule has 2 aromatic rings. The summed E-state index contributed by atoms with van der Waals surface area (Å²) in [6.07, 6.45) is 4.28. The van der Waals surface area contributed by atoms with Crippen molar-refractivity contribution in [3.63, 3.8) is 0 Å². The number of amides is 4. The molecule has 2 N–H and O–H groups in total. The highest BCUT2D eigenvalue weighted by Crippen LogP contribution is 2.35. The number of hydrogen-bond donors (Lipinski definition) is 2. The van der Waals surface area contributed by atoms with Crippen molar-refractivity contribution in [2.45, 2.75) is 56.5 Å². The van der Waals surface area contributed by atoms with E-state index in [1.165, 1.54) is 0 Å². The molecule has 8 heteroatoms. The number of fused-ring (bicyclic) bond motifs is 1. The number of nitrogens with zero attached hydrogens (tertiary/aromatic N) is 2. The molecule has 3 aliphatic rings. The third-order valence-corrected chi connectivity index (χ3v) is 7.50. The lowest BCUT2D eigenvalue weighted by Crippen LogP contribution is -2.56. The SMILES string of the molecule is O=C1CC[C@@H](C(=O)N[C@H]2C(=O)N(CC(=O)N3CCCCC3)c3ccccc3C[C@@H]2c2ccccc2)N1. The minimum Gasteiger partial charge on any atom is -0.344 e. The van der Waals surface area contributed by atoms with E-state index >= 15 is 0 Å². The van der Waals surface area contributed by atoms with Crippen LogP contribution in [0.15, 0.2) is 54.6 Å². The number of piperidine rings is 1. The summed E-state index contributed by atoms with van der Waals surface area (Å²) >= 11 is 0. The fourth-order valence-electron chi connectivity index (χ4n) is 5.54. The molecule has 3 atom stereocenters. The maximum absolute atomic E-state index is 14.2. The highest BCUT2D eigenvalue weighted by molar-refractivity contribution is 6.05. The minimum atomic E-state index is -0.876. The molecular weight excluding hydrogens is 456 g/mol. The van der Waals surface area contributed by atoms with Crippen LogP contribution in [0.4, 0.5) is 5.69 Å². The quantitative estimate of drug-likeness (QED) is 0.674. The number of anilines is 1. The number of rotatable bonds is 5. The van der Waals surface area contributed by atoms with Crippen LogP contribution >= 0.6 is 0 Å². The Morgan fingerprint density at radius 2 is 1.67 bits per heavy atom. The third kappa shape index (κ3) is 4.98. The van der Waals surface area contributed by atoms with Gasteiger partial charge in [0.05, 0.1) is 0 Å². The number of nitrogens with one attached hydrogen (secondary N) is 2. The summed E-state index contributed by atoms with van der Waals surface area (Å²) in [5.74, 6) is -1.24. The number of likely N-dealkylation sites (tertiary alicyclic amines) is 1. The van der Waals surface area contributed by atoms with E-state index in [9.17, 15) is 19.2 Å². The summed E-state index contributed by atoms with van der Waals surface area (Å²) in [6, 6.07) is 15.8. The predicted molar refractivity (Wildman–Crippen MR) is 135 cm³/mol. The van der Waals surface area contributed by atoms with E-state index in [0.29, 0.717) is 38.0 Å². The van der Waals surface area contributed by atoms with Crippen molar-refractivity contribution in [2.75, 3.05) is 24.5 Å². The van der Waals surface area contributed by atoms with E-state index in [0.717, 1.165) is 30.4 Å². The second-order valence-corrected chi connectivity index (χ2v) is 9.86. The summed E-state index contributed by atoms with van der Waals surface area (Å²) in [6.45, 7) is 1.34. The van der Waals surface area contributed by atoms with E-state index < -0.39 is 12.1 Å². The molecule has 4 amide bonds. The Hall–Kier alpha value is -3.68. The molecule has 0 spiro atoms. The number of hydrogen-bond acceptors (Lipinski definition) is 4. The van der Waals surface area contributed by atoms with Crippen molar-refractivity contribution in [1.29, 1.82) is 0 Å². The summed E-state index contributed by atoms with van der Waals surface area (Å²) in [4.78, 5) is 55.7. The van der Waals surface area contributed by atoms with Gasteiger partial charge < -0.3 is 20.4 Å². The second-order valence-electron chi connectivity index (χ2n) is 9.86. The topological polar surface area (TPSA) is 98.8 Å². The zero-order valence-electron chi connectivity index (χ0n) is 20.3. The lowest BCUT2D eigenvalue weighted by molar-refractivity contribution is -0.133. The van der Waals surface area contributed by atoms with Crippen LogP contribution in [0.2, 0.25) is 0 Å². The van der Waals surface area contributed by atoms with E-state index in [1.54, 1.807) is 4.90 Å². The van der Waals surface area contributed by atoms with Gasteiger partial charge in [-0.3, -0.25) is 19.2 Å². The van der Waals surface area contributed by atoms with E-state index in [2.05, 4.69) is 10.6 Å². The molecule has 8 nitrogen and oxygen atoms in total. The van der Waals surface area contributed by atoms with Crippen LogP contribution in [0.25, 0.3) is 0 Å². The molecule has 2 saturated heterocycles. The second kappa shape index (κ2) is 10.5. The molecule has 0 saturated carbocycles. The maximum Gasteiger partial charge on any atom is 0.250 e. The zero-order chi connectivity index (χ0) is 25.1. The summed E-state index contributed by atoms with van der Waals surface area (Å²) in [7, 11) is 0. The zero-order valence-corrected chi connectivity index (χ0v) is 20.3. The van der Waals surface area contributed by atoms with Crippen LogP contribution in [0.5, 0.6) is 0 Å². The Kier molecular flexibility index (Phi) is 7.02. The minimum absolute atomic E-state index is 0.0656. The number of carbonyl (C=O) groups excluding carboxylic acids is 4. The van der Waals surface area contributed by atoms with Gasteiger partial charge in [-0.05, 0) is 49.3 Å². The smallest absolute Gasteiger partial charge is 0.250 e. The predicted octanol–water partition coefficient (Wildman–Crippen LogP) is 2.14. The average Bonchev–Trinajstić information content (AvgIpc) is 3.32. The fourth-order valence-corrected chi connectivity index (χ4v) is 5.54. The van der Waals surface area contributed by atoms with Gasteiger partial charge in [0.1, 0.15) is 18.6 Å². The van der Waals surface area contributed by atoms with Crippen LogP contribution in [-0.2, 0) is 25.6 Å². The van der Waals surface area contributed by atoms with Crippen molar-refractivity contribution in [2.24, 2.45) is 0 Å². The molecule has 0 radical (unpaired) electrons. The summed E-state index contributed by atoms with van der Waals surface area (Å²) in [5.41, 5.74) is 2.60. The summed E-state index contributed by atoms with van der Waals surface area (Å²) < 4.78 is 0. The monoisotopic (exact) mass is 488 g/mol. The molecule has 36 heavy (non-hydrogen) atoms. The van der Waals surface area contributed by atoms with Crippen LogP contribution < -0.4 is 15.5 Å². The fraction of sp³-hybridized carbons (Fsp3) is 0.429. The third-order valence-electron chi connectivity index (χ3n) is 7.50. The van der Waals surface area contributed by atoms with Crippen molar-refractivity contribution >= 4 is 29.3 Å². The standard InChI is InChI=1S/C28H32N4O4/c33-24-14-13-22(29-24)27(35)30-26-21(19-9-3-1-4-10-19)17-20-11-5-6-12-23(20)32(28(26)36)18-25(34)31-15-7-2-8-16-31/h1,3-6,9-12,21-22,26H,2,7-8,13-18H2,(H,29,33)(H,30,35)/t21-,22+,26-/m1/s1. The molecule has 188 valence electrons. The molecule has 2 aromatic carbocycles. The highest BCUT2D eigenvalue weighted by Gasteiger charge is 2.41. The largest absolute Gasteiger partial charge is 0.344 e. The number of benzene rings is 2. The van der Waals surface area contributed by atoms with Crippen molar-refractivity contribution in [1.82, 2.24) is 15.5 Å². The van der Waals surface area contributed by atoms with Gasteiger partial charge >= 0.3 is 0 Å². The van der Waals surface area contributed by atoms with Gasteiger partial charge in [-0.2, -0.15) is 0 Å². The maximum atomic E-state index is 14.2.